The second-order valence-electron chi connectivity index (χ2n) is 18.2. The minimum Gasteiger partial charge on any atom is -0.480 e. The van der Waals surface area contributed by atoms with E-state index in [4.69, 9.17) is 28.0 Å². The van der Waals surface area contributed by atoms with Gasteiger partial charge in [0.05, 0.1) is 0 Å². The molecular formula is C49H70N16O11. The lowest BCUT2D eigenvalue weighted by atomic mass is 10.0. The van der Waals surface area contributed by atoms with E-state index >= 15 is 0 Å². The van der Waals surface area contributed by atoms with Gasteiger partial charge in [-0.2, -0.15) is 0 Å². The highest BCUT2D eigenvalue weighted by Crippen LogP contribution is 2.20. The average molecular weight is 1060 g/mol. The number of fused-ring (bicyclic) bond motifs is 1. The molecule has 412 valence electrons. The molecule has 1 aliphatic heterocycles. The van der Waals surface area contributed by atoms with E-state index in [0.29, 0.717) is 16.5 Å². The van der Waals surface area contributed by atoms with Crippen molar-refractivity contribution in [2.45, 2.75) is 126 Å². The van der Waals surface area contributed by atoms with Gasteiger partial charge in [-0.3, -0.25) is 54.0 Å². The molecule has 0 saturated carbocycles. The monoisotopic (exact) mass is 1060 g/mol. The number of primary amides is 1. The van der Waals surface area contributed by atoms with Gasteiger partial charge in [-0.05, 0) is 68.6 Å². The van der Waals surface area contributed by atoms with Crippen LogP contribution in [0.5, 0.6) is 0 Å². The molecule has 9 amide bonds. The third-order valence-corrected chi connectivity index (χ3v) is 12.2. The predicted molar refractivity (Wildman–Crippen MR) is 277 cm³/mol. The number of carboxylic acids is 1. The van der Waals surface area contributed by atoms with Crippen molar-refractivity contribution < 1.29 is 53.1 Å². The zero-order valence-electron chi connectivity index (χ0n) is 42.2. The van der Waals surface area contributed by atoms with Crippen molar-refractivity contribution >= 4 is 82.0 Å². The number of carboxylic acid groups (broad SMARTS) is 1. The lowest BCUT2D eigenvalue weighted by Crippen LogP contribution is -2.60. The van der Waals surface area contributed by atoms with Crippen LogP contribution in [0.15, 0.2) is 60.8 Å². The number of H-pyrrole nitrogens is 1. The maximum Gasteiger partial charge on any atom is 0.326 e. The van der Waals surface area contributed by atoms with Gasteiger partial charge in [0.15, 0.2) is 11.9 Å². The van der Waals surface area contributed by atoms with Crippen LogP contribution in [0.2, 0.25) is 0 Å². The molecule has 20 N–H and O–H groups in total. The molecule has 1 saturated heterocycles. The number of aliphatic carboxylic acids is 1. The Kier molecular flexibility index (Phi) is 23.9. The van der Waals surface area contributed by atoms with Crippen LogP contribution in [-0.4, -0.2) is 143 Å². The molecule has 1 aliphatic rings. The van der Waals surface area contributed by atoms with Crippen molar-refractivity contribution in [1.29, 1.82) is 10.8 Å². The molecule has 27 heteroatoms. The summed E-state index contributed by atoms with van der Waals surface area (Å²) in [4.78, 5) is 139. The molecule has 76 heavy (non-hydrogen) atoms. The molecule has 1 unspecified atom stereocenters. The van der Waals surface area contributed by atoms with Crippen LogP contribution in [0, 0.1) is 10.8 Å². The Morgan fingerprint density at radius 1 is 0.711 bits per heavy atom. The van der Waals surface area contributed by atoms with Crippen molar-refractivity contribution in [3.63, 3.8) is 0 Å². The molecule has 1 aromatic heterocycles. The first-order chi connectivity index (χ1) is 36.2. The van der Waals surface area contributed by atoms with Crippen LogP contribution in [0.3, 0.4) is 0 Å². The Labute approximate surface area is 437 Å². The van der Waals surface area contributed by atoms with Crippen molar-refractivity contribution in [3.8, 4) is 0 Å². The molecule has 0 spiro atoms. The summed E-state index contributed by atoms with van der Waals surface area (Å²) in [5.74, 6) is -9.69. The summed E-state index contributed by atoms with van der Waals surface area (Å²) < 4.78 is 0. The van der Waals surface area contributed by atoms with E-state index < -0.39 is 121 Å². The minimum absolute atomic E-state index is 0.00931. The van der Waals surface area contributed by atoms with Crippen molar-refractivity contribution in [3.05, 3.63) is 71.9 Å². The van der Waals surface area contributed by atoms with Crippen LogP contribution in [-0.2, 0) is 60.8 Å². The SMILES string of the molecule is CC(=O)N[C@H](CCCNC(=N)N)C(=O)N[C@H]1CCC(=O)NCCC[C@@H](C(=O)O)NC(=O)[C@H](Cc2c[nH]c3ccccc23)NC(=O)[C@H](CCCNC(=N)N)NC(=O)[C@@H](Cc2ccccc2)NC(=O)C(CCC(N)=O)NC1=O. The topological polar surface area (TPSA) is 453 Å². The van der Waals surface area contributed by atoms with Gasteiger partial charge in [-0.25, -0.2) is 4.79 Å². The third kappa shape index (κ3) is 20.6. The van der Waals surface area contributed by atoms with Gasteiger partial charge in [0.2, 0.25) is 53.2 Å². The largest absolute Gasteiger partial charge is 0.480 e. The van der Waals surface area contributed by atoms with Gasteiger partial charge in [0.1, 0.15) is 42.3 Å². The molecule has 27 nitrogen and oxygen atoms in total. The Balaban J connectivity index is 1.78. The maximum absolute atomic E-state index is 14.6. The first kappa shape index (κ1) is 59.8. The first-order valence-electron chi connectivity index (χ1n) is 24.8. The third-order valence-electron chi connectivity index (χ3n) is 12.2. The molecule has 4 rings (SSSR count). The van der Waals surface area contributed by atoms with Gasteiger partial charge in [0.25, 0.3) is 0 Å². The number of aromatic nitrogens is 1. The van der Waals surface area contributed by atoms with E-state index in [1.165, 1.54) is 6.92 Å². The van der Waals surface area contributed by atoms with E-state index in [1.807, 2.05) is 0 Å². The number of carbonyl (C=O) groups is 10. The number of para-hydroxylation sites is 1. The van der Waals surface area contributed by atoms with Crippen LogP contribution >= 0.6 is 0 Å². The average Bonchev–Trinajstić information content (AvgIpc) is 3.78. The minimum atomic E-state index is -1.60. The zero-order chi connectivity index (χ0) is 55.7. The van der Waals surface area contributed by atoms with Gasteiger partial charge in [-0.15, -0.1) is 0 Å². The molecule has 0 bridgehead atoms. The molecule has 3 aromatic rings. The van der Waals surface area contributed by atoms with E-state index in [1.54, 1.807) is 60.8 Å². The summed E-state index contributed by atoms with van der Waals surface area (Å²) in [7, 11) is 0. The Hall–Kier alpha value is -8.78. The number of guanidine groups is 2. The zero-order valence-corrected chi connectivity index (χ0v) is 42.2. The quantitative estimate of drug-likeness (QED) is 0.0322. The van der Waals surface area contributed by atoms with Crippen molar-refractivity contribution in [1.82, 2.24) is 58.2 Å². The Bertz CT molecular complexity index is 2560. The smallest absolute Gasteiger partial charge is 0.326 e. The van der Waals surface area contributed by atoms with Gasteiger partial charge in [-0.1, -0.05) is 48.5 Å². The van der Waals surface area contributed by atoms with Gasteiger partial charge < -0.3 is 80.5 Å². The summed E-state index contributed by atoms with van der Waals surface area (Å²) >= 11 is 0. The number of nitrogens with one attached hydrogen (secondary N) is 13. The van der Waals surface area contributed by atoms with Crippen LogP contribution in [0.4, 0.5) is 0 Å². The second-order valence-corrected chi connectivity index (χ2v) is 18.2. The normalized spacial score (nSPS) is 20.9. The number of carbonyl (C=O) groups excluding carboxylic acids is 9. The molecule has 2 aromatic carbocycles. The van der Waals surface area contributed by atoms with Crippen molar-refractivity contribution in [2.75, 3.05) is 19.6 Å². The maximum atomic E-state index is 14.6. The first-order valence-corrected chi connectivity index (χ1v) is 24.8. The Morgan fingerprint density at radius 3 is 1.93 bits per heavy atom. The van der Waals surface area contributed by atoms with E-state index in [-0.39, 0.29) is 89.3 Å². The number of nitrogens with two attached hydrogens (primary N) is 3. The fourth-order valence-corrected chi connectivity index (χ4v) is 8.24. The second kappa shape index (κ2) is 30.4. The summed E-state index contributed by atoms with van der Waals surface area (Å²) in [5.41, 5.74) is 18.2. The molecular weight excluding hydrogens is 989 g/mol. The summed E-state index contributed by atoms with van der Waals surface area (Å²) in [6.07, 6.45) is -0.257. The number of aromatic amines is 1. The summed E-state index contributed by atoms with van der Waals surface area (Å²) in [6, 6.07) is 5.34. The number of hydrogen-bond acceptors (Lipinski definition) is 12. The molecule has 7 atom stereocenters. The molecule has 1 fully saturated rings. The highest BCUT2D eigenvalue weighted by molar-refractivity contribution is 5.98. The van der Waals surface area contributed by atoms with Gasteiger partial charge >= 0.3 is 5.97 Å². The van der Waals surface area contributed by atoms with Crippen LogP contribution in [0.1, 0.15) is 82.3 Å². The number of amides is 9. The summed E-state index contributed by atoms with van der Waals surface area (Å²) in [6.45, 7) is 1.30. The van der Waals surface area contributed by atoms with E-state index in [9.17, 15) is 53.1 Å². The highest BCUT2D eigenvalue weighted by atomic mass is 16.4. The van der Waals surface area contributed by atoms with Gasteiger partial charge in [0, 0.05) is 69.3 Å². The highest BCUT2D eigenvalue weighted by Gasteiger charge is 2.35. The van der Waals surface area contributed by atoms with E-state index in [0.717, 1.165) is 5.52 Å². The van der Waals surface area contributed by atoms with Crippen LogP contribution in [0.25, 0.3) is 10.9 Å². The molecule has 0 radical (unpaired) electrons. The number of benzene rings is 2. The van der Waals surface area contributed by atoms with E-state index in [2.05, 4.69) is 58.2 Å². The fraction of sp³-hybridized carbons (Fsp3) is 0.469. The standard InChI is InChI=1S/C49H70N16O11/c1-27(66)59-32(14-7-22-56-48(51)52)41(69)62-35-18-20-40(68)55-21-9-16-36(47(75)76)63-46(74)38(25-29-26-58-31-13-6-5-12-30(29)31)65-42(70)33(15-8-23-57-49(53)54)60-45(73)37(24-28-10-3-2-4-11-28)64-44(72)34(61-43(35)71)17-19-39(50)67/h2-6,10-13,26,32-38,58H,7-9,14-25H2,1H3,(H2,50,67)(H,55,68)(H,59,66)(H,60,73)(H,61,71)(H,62,69)(H,63,74)(H,64,72)(H,65,70)(H,75,76)(H4,51,52,56)(H4,53,54,57)/t32-,33+,34?,35+,36+,37-,38+/m1/s1. The Morgan fingerprint density at radius 2 is 1.29 bits per heavy atom. The number of hydrogen-bond donors (Lipinski definition) is 17. The molecule has 0 aliphatic carbocycles. The van der Waals surface area contributed by atoms with Crippen LogP contribution < -0.4 is 70.4 Å². The van der Waals surface area contributed by atoms with Crippen molar-refractivity contribution in [2.24, 2.45) is 17.2 Å². The predicted octanol–water partition coefficient (Wildman–Crippen LogP) is -3.07. The lowest BCUT2D eigenvalue weighted by molar-refractivity contribution is -0.142. The molecule has 2 heterocycles. The summed E-state index contributed by atoms with van der Waals surface area (Å²) in [5, 5.41) is 51.9. The fourth-order valence-electron chi connectivity index (χ4n) is 8.24. The number of rotatable bonds is 19. The lowest BCUT2D eigenvalue weighted by Gasteiger charge is -2.28.